The number of sulfonamides is 1. The van der Waals surface area contributed by atoms with Crippen LogP contribution in [0.3, 0.4) is 0 Å². The zero-order valence-electron chi connectivity index (χ0n) is 26.1. The van der Waals surface area contributed by atoms with E-state index in [-0.39, 0.29) is 40.6 Å². The summed E-state index contributed by atoms with van der Waals surface area (Å²) in [6, 6.07) is 12.5. The molecular weight excluding hydrogens is 613 g/mol. The molecule has 3 aromatic rings. The molecule has 4 rings (SSSR count). The molecular formula is C32H42N6O5S2. The van der Waals surface area contributed by atoms with E-state index in [9.17, 15) is 22.8 Å². The van der Waals surface area contributed by atoms with Crippen molar-refractivity contribution in [3.05, 3.63) is 65.4 Å². The number of anilines is 1. The molecule has 242 valence electrons. The Morgan fingerprint density at radius 2 is 1.64 bits per heavy atom. The topological polar surface area (TPSA) is 172 Å². The highest BCUT2D eigenvalue weighted by molar-refractivity contribution is 7.89. The first-order valence-electron chi connectivity index (χ1n) is 15.1. The fourth-order valence-electron chi connectivity index (χ4n) is 5.31. The molecule has 1 heterocycles. The summed E-state index contributed by atoms with van der Waals surface area (Å²) in [7, 11) is -2.13. The highest BCUT2D eigenvalue weighted by Gasteiger charge is 2.29. The molecule has 1 aliphatic rings. The Morgan fingerprint density at radius 1 is 1.00 bits per heavy atom. The first kappa shape index (κ1) is 34.1. The molecule has 13 heteroatoms. The third-order valence-corrected chi connectivity index (χ3v) is 10.5. The van der Waals surface area contributed by atoms with Gasteiger partial charge >= 0.3 is 0 Å². The first-order valence-corrected chi connectivity index (χ1v) is 17.4. The summed E-state index contributed by atoms with van der Waals surface area (Å²) < 4.78 is 27.8. The van der Waals surface area contributed by atoms with E-state index in [0.717, 1.165) is 31.2 Å². The van der Waals surface area contributed by atoms with E-state index in [2.05, 4.69) is 58.6 Å². The van der Waals surface area contributed by atoms with Crippen molar-refractivity contribution in [2.45, 2.75) is 69.2 Å². The Morgan fingerprint density at radius 3 is 2.22 bits per heavy atom. The molecule has 11 nitrogen and oxygen atoms in total. The van der Waals surface area contributed by atoms with Crippen LogP contribution in [0.2, 0.25) is 0 Å². The van der Waals surface area contributed by atoms with Gasteiger partial charge in [-0.25, -0.2) is 18.1 Å². The third kappa shape index (κ3) is 8.89. The van der Waals surface area contributed by atoms with E-state index < -0.39 is 27.9 Å². The molecule has 2 aromatic carbocycles. The summed E-state index contributed by atoms with van der Waals surface area (Å²) in [5, 5.41) is 9.31. The second-order valence-corrected chi connectivity index (χ2v) is 15.0. The maximum absolute atomic E-state index is 13.7. The third-order valence-electron chi connectivity index (χ3n) is 7.90. The summed E-state index contributed by atoms with van der Waals surface area (Å²) >= 11 is 1.37. The van der Waals surface area contributed by atoms with E-state index in [1.807, 2.05) is 12.1 Å². The van der Waals surface area contributed by atoms with Crippen molar-refractivity contribution in [1.82, 2.24) is 20.3 Å². The van der Waals surface area contributed by atoms with Gasteiger partial charge in [-0.15, -0.1) is 0 Å². The number of primary amides is 1. The van der Waals surface area contributed by atoms with E-state index >= 15 is 0 Å². The Hall–Kier alpha value is -3.81. The van der Waals surface area contributed by atoms with Crippen molar-refractivity contribution in [2.75, 3.05) is 25.5 Å². The molecule has 0 radical (unpaired) electrons. The number of carbonyl (C=O) groups is 3. The molecule has 1 atom stereocenters. The predicted molar refractivity (Wildman–Crippen MR) is 177 cm³/mol. The molecule has 0 spiro atoms. The van der Waals surface area contributed by atoms with Crippen LogP contribution in [0.25, 0.3) is 10.4 Å². The van der Waals surface area contributed by atoms with Gasteiger partial charge in [-0.3, -0.25) is 14.4 Å². The Labute approximate surface area is 268 Å². The largest absolute Gasteiger partial charge is 0.366 e. The number of nitrogens with one attached hydrogen (secondary N) is 4. The van der Waals surface area contributed by atoms with Crippen LogP contribution in [-0.4, -0.2) is 57.3 Å². The molecule has 1 fully saturated rings. The minimum absolute atomic E-state index is 0.0131. The van der Waals surface area contributed by atoms with Crippen molar-refractivity contribution in [3.8, 4) is 10.4 Å². The normalized spacial score (nSPS) is 14.6. The van der Waals surface area contributed by atoms with Crippen LogP contribution >= 0.6 is 11.3 Å². The van der Waals surface area contributed by atoms with Gasteiger partial charge in [0.25, 0.3) is 5.91 Å². The predicted octanol–water partition coefficient (Wildman–Crippen LogP) is 4.02. The van der Waals surface area contributed by atoms with Crippen molar-refractivity contribution in [3.63, 3.8) is 0 Å². The summed E-state index contributed by atoms with van der Waals surface area (Å²) in [6.45, 7) is 6.37. The minimum Gasteiger partial charge on any atom is -0.366 e. The standard InChI is InChI=1S/C32H42N6O5S2/c1-32(2,3)23-13-9-21(10-14-23)27-26(38-31(34-4)44-27)30(41)37-25(19-20-7-5-6-8-20)29(40)35-17-18-36-45(42,43)24-15-11-22(12-16-24)28(33)39/h9-16,20,25,36H,5-8,17-19H2,1-4H3,(H2,33,39)(H,34,38)(H,35,40)(H,37,41)/t25-/m1/s1. The lowest BCUT2D eigenvalue weighted by Crippen LogP contribution is -2.49. The zero-order valence-corrected chi connectivity index (χ0v) is 27.7. The summed E-state index contributed by atoms with van der Waals surface area (Å²) in [5.41, 5.74) is 7.68. The average molecular weight is 655 g/mol. The fourth-order valence-corrected chi connectivity index (χ4v) is 7.26. The van der Waals surface area contributed by atoms with E-state index in [4.69, 9.17) is 5.73 Å². The van der Waals surface area contributed by atoms with Crippen LogP contribution in [0.15, 0.2) is 53.4 Å². The Kier molecular flexibility index (Phi) is 11.0. The number of amides is 3. The van der Waals surface area contributed by atoms with E-state index in [1.54, 1.807) is 7.05 Å². The number of carbonyl (C=O) groups excluding carboxylic acids is 3. The monoisotopic (exact) mass is 654 g/mol. The Bertz CT molecular complexity index is 1610. The molecule has 3 amide bonds. The van der Waals surface area contributed by atoms with Crippen molar-refractivity contribution in [1.29, 1.82) is 0 Å². The number of nitrogens with zero attached hydrogens (tertiary/aromatic N) is 1. The maximum Gasteiger partial charge on any atom is 0.272 e. The van der Waals surface area contributed by atoms with Crippen LogP contribution in [-0.2, 0) is 20.2 Å². The second kappa shape index (κ2) is 14.5. The van der Waals surface area contributed by atoms with Gasteiger partial charge in [0.05, 0.1) is 9.77 Å². The molecule has 1 saturated carbocycles. The van der Waals surface area contributed by atoms with Gasteiger partial charge in [-0.05, 0) is 53.1 Å². The maximum atomic E-state index is 13.7. The lowest BCUT2D eigenvalue weighted by atomic mass is 9.86. The molecule has 6 N–H and O–H groups in total. The number of thiazole rings is 1. The number of hydrogen-bond donors (Lipinski definition) is 5. The van der Waals surface area contributed by atoms with Gasteiger partial charge in [0.1, 0.15) is 11.7 Å². The van der Waals surface area contributed by atoms with Crippen LogP contribution in [0.4, 0.5) is 5.13 Å². The molecule has 1 aliphatic carbocycles. The summed E-state index contributed by atoms with van der Waals surface area (Å²) in [6.07, 6.45) is 4.62. The van der Waals surface area contributed by atoms with Gasteiger partial charge in [0.15, 0.2) is 5.13 Å². The molecule has 45 heavy (non-hydrogen) atoms. The molecule has 0 unspecified atom stereocenters. The quantitative estimate of drug-likeness (QED) is 0.173. The van der Waals surface area contributed by atoms with Crippen molar-refractivity contribution in [2.24, 2.45) is 11.7 Å². The second-order valence-electron chi connectivity index (χ2n) is 12.3. The van der Waals surface area contributed by atoms with Gasteiger partial charge in [-0.1, -0.05) is 82.1 Å². The fraction of sp³-hybridized carbons (Fsp3) is 0.438. The number of nitrogens with two attached hydrogens (primary N) is 1. The van der Waals surface area contributed by atoms with E-state index in [1.165, 1.54) is 41.2 Å². The highest BCUT2D eigenvalue weighted by atomic mass is 32.2. The summed E-state index contributed by atoms with van der Waals surface area (Å²) in [5.74, 6) is -1.19. The van der Waals surface area contributed by atoms with Crippen LogP contribution in [0.5, 0.6) is 0 Å². The molecule has 1 aromatic heterocycles. The van der Waals surface area contributed by atoms with Gasteiger partial charge in [-0.2, -0.15) is 0 Å². The number of hydrogen-bond acceptors (Lipinski definition) is 8. The van der Waals surface area contributed by atoms with Gasteiger partial charge < -0.3 is 21.7 Å². The highest BCUT2D eigenvalue weighted by Crippen LogP contribution is 2.35. The van der Waals surface area contributed by atoms with Crippen LogP contribution in [0, 0.1) is 5.92 Å². The average Bonchev–Trinajstić information content (AvgIpc) is 3.69. The van der Waals surface area contributed by atoms with Crippen molar-refractivity contribution < 1.29 is 22.8 Å². The van der Waals surface area contributed by atoms with Crippen LogP contribution < -0.4 is 26.4 Å². The lowest BCUT2D eigenvalue weighted by Gasteiger charge is -2.21. The Balaban J connectivity index is 1.44. The number of rotatable bonds is 13. The smallest absolute Gasteiger partial charge is 0.272 e. The van der Waals surface area contributed by atoms with Crippen molar-refractivity contribution >= 4 is 44.2 Å². The molecule has 0 bridgehead atoms. The van der Waals surface area contributed by atoms with E-state index in [0.29, 0.717) is 22.3 Å². The van der Waals surface area contributed by atoms with Gasteiger partial charge in [0.2, 0.25) is 21.8 Å². The minimum atomic E-state index is -3.87. The molecule has 0 saturated heterocycles. The number of benzene rings is 2. The SMILES string of the molecule is CNc1nc(C(=O)N[C@H](CC2CCCC2)C(=O)NCCNS(=O)(=O)c2ccc(C(N)=O)cc2)c(-c2ccc(C(C)(C)C)cc2)s1. The first-order chi connectivity index (χ1) is 21.3. The molecule has 0 aliphatic heterocycles. The summed E-state index contributed by atoms with van der Waals surface area (Å²) in [4.78, 5) is 43.5. The van der Waals surface area contributed by atoms with Crippen LogP contribution in [0.1, 0.15) is 79.3 Å². The zero-order chi connectivity index (χ0) is 32.8. The van der Waals surface area contributed by atoms with Gasteiger partial charge in [0, 0.05) is 25.7 Å². The lowest BCUT2D eigenvalue weighted by molar-refractivity contribution is -0.123. The number of aromatic nitrogens is 1.